The molecule has 0 spiro atoms. The molecule has 0 aliphatic rings. The average molecular weight is 346 g/mol. The number of carbonyl (C=O) groups is 2. The Kier molecular flexibility index (Phi) is 4.87. The van der Waals surface area contributed by atoms with Crippen LogP contribution in [-0.2, 0) is 16.8 Å². The highest BCUT2D eigenvalue weighted by molar-refractivity contribution is 6.04. The predicted molar refractivity (Wildman–Crippen MR) is 89.6 cm³/mol. The maximum atomic E-state index is 12.3. The maximum absolute atomic E-state index is 12.3. The first-order valence-electron chi connectivity index (χ1n) is 7.43. The number of carboxylic acids is 1. The van der Waals surface area contributed by atoms with Gasteiger partial charge in [-0.2, -0.15) is 5.10 Å². The highest BCUT2D eigenvalue weighted by Crippen LogP contribution is 2.31. The molecule has 0 saturated heterocycles. The van der Waals surface area contributed by atoms with Crippen molar-refractivity contribution in [1.29, 1.82) is 0 Å². The topological polar surface area (TPSA) is 127 Å². The van der Waals surface area contributed by atoms with Crippen molar-refractivity contribution in [2.75, 3.05) is 5.32 Å². The largest absolute Gasteiger partial charge is 0.480 e. The van der Waals surface area contributed by atoms with Gasteiger partial charge in [0, 0.05) is 29.5 Å². The molecular formula is C16H18N4O5. The second-order valence-corrected chi connectivity index (χ2v) is 6.49. The van der Waals surface area contributed by atoms with Crippen LogP contribution in [0.25, 0.3) is 0 Å². The fourth-order valence-corrected chi connectivity index (χ4v) is 2.30. The van der Waals surface area contributed by atoms with Gasteiger partial charge in [0.1, 0.15) is 6.54 Å². The summed E-state index contributed by atoms with van der Waals surface area (Å²) in [6, 6.07) is 5.75. The number of hydrogen-bond donors (Lipinski definition) is 2. The highest BCUT2D eigenvalue weighted by Gasteiger charge is 2.26. The first kappa shape index (κ1) is 18.1. The van der Waals surface area contributed by atoms with Crippen LogP contribution < -0.4 is 5.32 Å². The van der Waals surface area contributed by atoms with Gasteiger partial charge in [0.15, 0.2) is 5.82 Å². The van der Waals surface area contributed by atoms with E-state index in [2.05, 4.69) is 10.4 Å². The van der Waals surface area contributed by atoms with E-state index < -0.39 is 22.2 Å². The fourth-order valence-electron chi connectivity index (χ4n) is 2.30. The molecule has 0 radical (unpaired) electrons. The van der Waals surface area contributed by atoms with Gasteiger partial charge in [-0.15, -0.1) is 0 Å². The molecule has 0 saturated carbocycles. The molecule has 9 nitrogen and oxygen atoms in total. The number of nitro benzene ring substituents is 1. The van der Waals surface area contributed by atoms with Crippen molar-refractivity contribution < 1.29 is 19.6 Å². The standard InChI is InChI=1S/C16H18N4O5/c1-16(2,3)11-5-4-10(8-12(11)20(24)25)15(23)17-13-6-7-19(18-13)9-14(21)22/h4-8H,9H2,1-3H3,(H,21,22)(H,17,18,23). The molecule has 0 unspecified atom stereocenters. The number of benzene rings is 1. The molecule has 9 heteroatoms. The van der Waals surface area contributed by atoms with Gasteiger partial charge in [-0.05, 0) is 11.5 Å². The summed E-state index contributed by atoms with van der Waals surface area (Å²) in [5, 5.41) is 26.4. The van der Waals surface area contributed by atoms with E-state index in [-0.39, 0.29) is 23.6 Å². The van der Waals surface area contributed by atoms with E-state index in [4.69, 9.17) is 5.11 Å². The Hall–Kier alpha value is -3.23. The Bertz CT molecular complexity index is 835. The number of rotatable bonds is 5. The summed E-state index contributed by atoms with van der Waals surface area (Å²) < 4.78 is 1.16. The summed E-state index contributed by atoms with van der Waals surface area (Å²) in [6.07, 6.45) is 1.41. The lowest BCUT2D eigenvalue weighted by molar-refractivity contribution is -0.386. The lowest BCUT2D eigenvalue weighted by atomic mass is 9.85. The number of anilines is 1. The summed E-state index contributed by atoms with van der Waals surface area (Å²) in [5.41, 5.74) is 0.0799. The second-order valence-electron chi connectivity index (χ2n) is 6.49. The van der Waals surface area contributed by atoms with E-state index in [1.54, 1.807) is 6.07 Å². The van der Waals surface area contributed by atoms with Crippen LogP contribution in [0.2, 0.25) is 0 Å². The summed E-state index contributed by atoms with van der Waals surface area (Å²) in [6.45, 7) is 5.22. The molecule has 0 fully saturated rings. The van der Waals surface area contributed by atoms with Crippen molar-refractivity contribution in [3.63, 3.8) is 0 Å². The van der Waals surface area contributed by atoms with E-state index in [1.807, 2.05) is 20.8 Å². The molecule has 1 heterocycles. The number of carboxylic acid groups (broad SMARTS) is 1. The van der Waals surface area contributed by atoms with E-state index in [0.29, 0.717) is 5.56 Å². The van der Waals surface area contributed by atoms with Crippen molar-refractivity contribution >= 4 is 23.4 Å². The zero-order valence-corrected chi connectivity index (χ0v) is 14.0. The third-order valence-corrected chi connectivity index (χ3v) is 3.44. The van der Waals surface area contributed by atoms with Crippen LogP contribution in [0.1, 0.15) is 36.7 Å². The molecule has 2 rings (SSSR count). The molecule has 1 aromatic heterocycles. The Labute approximate surface area is 143 Å². The van der Waals surface area contributed by atoms with Crippen LogP contribution in [0.3, 0.4) is 0 Å². The Morgan fingerprint density at radius 2 is 2.00 bits per heavy atom. The van der Waals surface area contributed by atoms with Crippen LogP contribution in [0.15, 0.2) is 30.5 Å². The molecule has 0 aliphatic heterocycles. The van der Waals surface area contributed by atoms with E-state index in [0.717, 1.165) is 4.68 Å². The lowest BCUT2D eigenvalue weighted by Crippen LogP contribution is -2.17. The second kappa shape index (κ2) is 6.71. The summed E-state index contributed by atoms with van der Waals surface area (Å²) in [5.74, 6) is -1.47. The number of aliphatic carboxylic acids is 1. The summed E-state index contributed by atoms with van der Waals surface area (Å²) in [4.78, 5) is 33.7. The summed E-state index contributed by atoms with van der Waals surface area (Å²) >= 11 is 0. The van der Waals surface area contributed by atoms with Crippen LogP contribution in [0, 0.1) is 10.1 Å². The molecule has 1 aromatic carbocycles. The minimum Gasteiger partial charge on any atom is -0.480 e. The number of nitrogens with zero attached hydrogens (tertiary/aromatic N) is 3. The van der Waals surface area contributed by atoms with Crippen molar-refractivity contribution in [3.8, 4) is 0 Å². The SMILES string of the molecule is CC(C)(C)c1ccc(C(=O)Nc2ccn(CC(=O)O)n2)cc1[N+](=O)[O-]. The van der Waals surface area contributed by atoms with Gasteiger partial charge in [-0.1, -0.05) is 26.8 Å². The minimum atomic E-state index is -1.06. The van der Waals surface area contributed by atoms with Crippen LogP contribution in [-0.4, -0.2) is 31.7 Å². The first-order chi connectivity index (χ1) is 11.6. The Morgan fingerprint density at radius 1 is 1.32 bits per heavy atom. The zero-order valence-electron chi connectivity index (χ0n) is 14.0. The quantitative estimate of drug-likeness (QED) is 0.632. The molecule has 25 heavy (non-hydrogen) atoms. The van der Waals surface area contributed by atoms with Gasteiger partial charge >= 0.3 is 5.97 Å². The van der Waals surface area contributed by atoms with Crippen LogP contribution >= 0.6 is 0 Å². The van der Waals surface area contributed by atoms with Gasteiger partial charge in [0.05, 0.1) is 4.92 Å². The van der Waals surface area contributed by atoms with Gasteiger partial charge in [0.25, 0.3) is 11.6 Å². The highest BCUT2D eigenvalue weighted by atomic mass is 16.6. The smallest absolute Gasteiger partial charge is 0.325 e. The first-order valence-corrected chi connectivity index (χ1v) is 7.43. The number of carbonyl (C=O) groups excluding carboxylic acids is 1. The molecule has 2 aromatic rings. The number of nitro groups is 1. The van der Waals surface area contributed by atoms with Gasteiger partial charge in [-0.3, -0.25) is 24.4 Å². The van der Waals surface area contributed by atoms with Crippen molar-refractivity contribution in [2.24, 2.45) is 0 Å². The number of amides is 1. The number of aromatic nitrogens is 2. The third-order valence-electron chi connectivity index (χ3n) is 3.44. The van der Waals surface area contributed by atoms with Gasteiger partial charge in [0.2, 0.25) is 0 Å². The molecule has 0 atom stereocenters. The van der Waals surface area contributed by atoms with E-state index in [9.17, 15) is 19.7 Å². The van der Waals surface area contributed by atoms with E-state index >= 15 is 0 Å². The molecule has 0 bridgehead atoms. The molecule has 1 amide bonds. The van der Waals surface area contributed by atoms with Gasteiger partial charge in [-0.25, -0.2) is 0 Å². The van der Waals surface area contributed by atoms with Crippen molar-refractivity contribution in [2.45, 2.75) is 32.7 Å². The van der Waals surface area contributed by atoms with Crippen molar-refractivity contribution in [3.05, 3.63) is 51.7 Å². The fraction of sp³-hybridized carbons (Fsp3) is 0.312. The third kappa shape index (κ3) is 4.40. The summed E-state index contributed by atoms with van der Waals surface area (Å²) in [7, 11) is 0. The van der Waals surface area contributed by atoms with Gasteiger partial charge < -0.3 is 10.4 Å². The lowest BCUT2D eigenvalue weighted by Gasteiger charge is -2.19. The Balaban J connectivity index is 2.25. The monoisotopic (exact) mass is 346 g/mol. The zero-order chi connectivity index (χ0) is 18.8. The maximum Gasteiger partial charge on any atom is 0.325 e. The molecule has 0 aliphatic carbocycles. The van der Waals surface area contributed by atoms with E-state index in [1.165, 1.54) is 24.4 Å². The normalized spacial score (nSPS) is 11.2. The molecule has 2 N–H and O–H groups in total. The molecular weight excluding hydrogens is 328 g/mol. The molecule has 132 valence electrons. The van der Waals surface area contributed by atoms with Crippen LogP contribution in [0.5, 0.6) is 0 Å². The van der Waals surface area contributed by atoms with Crippen LogP contribution in [0.4, 0.5) is 11.5 Å². The average Bonchev–Trinajstić information content (AvgIpc) is 2.91. The number of nitrogens with one attached hydrogen (secondary N) is 1. The minimum absolute atomic E-state index is 0.118. The Morgan fingerprint density at radius 3 is 2.56 bits per heavy atom. The predicted octanol–water partition coefficient (Wildman–Crippen LogP) is 2.43. The number of hydrogen-bond acceptors (Lipinski definition) is 5. The van der Waals surface area contributed by atoms with Crippen molar-refractivity contribution in [1.82, 2.24) is 9.78 Å².